The van der Waals surface area contributed by atoms with E-state index in [1.165, 1.54) is 4.68 Å². The van der Waals surface area contributed by atoms with Crippen LogP contribution in [0.1, 0.15) is 38.1 Å². The smallest absolute Gasteiger partial charge is 0.282 e. The van der Waals surface area contributed by atoms with Gasteiger partial charge in [-0.3, -0.25) is 4.79 Å². The van der Waals surface area contributed by atoms with Gasteiger partial charge in [0.1, 0.15) is 11.6 Å². The Labute approximate surface area is 170 Å². The van der Waals surface area contributed by atoms with Crippen molar-refractivity contribution < 1.29 is 4.74 Å². The van der Waals surface area contributed by atoms with Crippen LogP contribution >= 0.6 is 27.5 Å². The second-order valence-electron chi connectivity index (χ2n) is 6.27. The normalized spacial score (nSPS) is 11.6. The second kappa shape index (κ2) is 8.23. The van der Waals surface area contributed by atoms with Crippen molar-refractivity contribution in [3.8, 4) is 5.75 Å². The van der Waals surface area contributed by atoms with Crippen molar-refractivity contribution >= 4 is 44.6 Å². The van der Waals surface area contributed by atoms with E-state index in [0.717, 1.165) is 10.0 Å². The van der Waals surface area contributed by atoms with Gasteiger partial charge in [0.25, 0.3) is 5.56 Å². The van der Waals surface area contributed by atoms with Crippen molar-refractivity contribution in [2.75, 3.05) is 6.61 Å². The van der Waals surface area contributed by atoms with Gasteiger partial charge in [0.15, 0.2) is 0 Å². The average molecular weight is 449 g/mol. The largest absolute Gasteiger partial charge is 0.492 e. The number of ether oxygens (including phenoxy) is 1. The highest BCUT2D eigenvalue weighted by Gasteiger charge is 2.13. The summed E-state index contributed by atoms with van der Waals surface area (Å²) in [4.78, 5) is 17.6. The highest BCUT2D eigenvalue weighted by molar-refractivity contribution is 9.10. The maximum atomic E-state index is 13.0. The van der Waals surface area contributed by atoms with E-state index < -0.39 is 0 Å². The molecule has 3 rings (SSSR count). The summed E-state index contributed by atoms with van der Waals surface area (Å²) in [5, 5.41) is 5.40. The molecule has 0 unspecified atom stereocenters. The molecular formula is C20H19BrClN3O2. The van der Waals surface area contributed by atoms with Gasteiger partial charge in [-0.05, 0) is 48.9 Å². The van der Waals surface area contributed by atoms with E-state index in [0.29, 0.717) is 34.1 Å². The third kappa shape index (κ3) is 4.22. The molecule has 0 atom stereocenters. The molecule has 0 fully saturated rings. The van der Waals surface area contributed by atoms with Crippen molar-refractivity contribution in [3.63, 3.8) is 0 Å². The van der Waals surface area contributed by atoms with Crippen LogP contribution in [-0.2, 0) is 0 Å². The van der Waals surface area contributed by atoms with Crippen LogP contribution < -0.4 is 10.3 Å². The van der Waals surface area contributed by atoms with E-state index in [1.54, 1.807) is 24.4 Å². The molecule has 0 saturated carbocycles. The number of nitrogens with zero attached hydrogens (tertiary/aromatic N) is 3. The fourth-order valence-corrected chi connectivity index (χ4v) is 3.25. The molecule has 0 amide bonds. The van der Waals surface area contributed by atoms with Crippen LogP contribution in [0.2, 0.25) is 5.02 Å². The van der Waals surface area contributed by atoms with Gasteiger partial charge in [0.05, 0.1) is 28.7 Å². The van der Waals surface area contributed by atoms with Crippen LogP contribution in [-0.4, -0.2) is 22.5 Å². The van der Waals surface area contributed by atoms with Crippen molar-refractivity contribution in [3.05, 3.63) is 67.6 Å². The molecule has 0 aliphatic rings. The lowest BCUT2D eigenvalue weighted by molar-refractivity contribution is 0.340. The lowest BCUT2D eigenvalue weighted by Crippen LogP contribution is -2.23. The molecule has 5 nitrogen and oxygen atoms in total. The molecular weight excluding hydrogens is 430 g/mol. The monoisotopic (exact) mass is 447 g/mol. The zero-order chi connectivity index (χ0) is 19.6. The van der Waals surface area contributed by atoms with Crippen molar-refractivity contribution in [1.82, 2.24) is 9.66 Å². The number of hydrogen-bond acceptors (Lipinski definition) is 4. The highest BCUT2D eigenvalue weighted by Crippen LogP contribution is 2.25. The minimum atomic E-state index is -0.210. The molecule has 0 aliphatic carbocycles. The second-order valence-corrected chi connectivity index (χ2v) is 7.59. The molecule has 0 N–H and O–H groups in total. The van der Waals surface area contributed by atoms with E-state index in [-0.39, 0.29) is 11.5 Å². The summed E-state index contributed by atoms with van der Waals surface area (Å²) < 4.78 is 7.61. The van der Waals surface area contributed by atoms with Crippen LogP contribution in [0, 0.1) is 0 Å². The van der Waals surface area contributed by atoms with Crippen LogP contribution in [0.4, 0.5) is 0 Å². The summed E-state index contributed by atoms with van der Waals surface area (Å²) in [5.41, 5.74) is 1.21. The highest BCUT2D eigenvalue weighted by atomic mass is 79.9. The van der Waals surface area contributed by atoms with Gasteiger partial charge < -0.3 is 4.74 Å². The molecule has 27 heavy (non-hydrogen) atoms. The Kier molecular flexibility index (Phi) is 5.97. The average Bonchev–Trinajstić information content (AvgIpc) is 2.63. The maximum Gasteiger partial charge on any atom is 0.282 e. The molecule has 2 aromatic carbocycles. The summed E-state index contributed by atoms with van der Waals surface area (Å²) in [6.07, 6.45) is 1.60. The molecule has 1 aromatic heterocycles. The molecule has 3 aromatic rings. The Morgan fingerprint density at radius 1 is 1.30 bits per heavy atom. The van der Waals surface area contributed by atoms with Crippen molar-refractivity contribution in [2.24, 2.45) is 5.10 Å². The van der Waals surface area contributed by atoms with Gasteiger partial charge in [-0.2, -0.15) is 9.78 Å². The third-order valence-electron chi connectivity index (χ3n) is 3.93. The fourth-order valence-electron chi connectivity index (χ4n) is 2.65. The Morgan fingerprint density at radius 3 is 2.74 bits per heavy atom. The molecule has 7 heteroatoms. The Morgan fingerprint density at radius 2 is 2.07 bits per heavy atom. The predicted molar refractivity (Wildman–Crippen MR) is 113 cm³/mol. The lowest BCUT2D eigenvalue weighted by Gasteiger charge is -2.12. The Bertz CT molecular complexity index is 1080. The van der Waals surface area contributed by atoms with Crippen LogP contribution in [0.5, 0.6) is 5.75 Å². The van der Waals surface area contributed by atoms with Crippen LogP contribution in [0.25, 0.3) is 10.9 Å². The van der Waals surface area contributed by atoms with Crippen molar-refractivity contribution in [1.29, 1.82) is 0 Å². The fraction of sp³-hybridized carbons (Fsp3) is 0.250. The third-order valence-corrected chi connectivity index (χ3v) is 4.72. The number of benzene rings is 2. The standard InChI is InChI=1S/C20H19BrClN3O2/c1-4-27-18-8-5-13(9-16(18)22)11-23-25-19(12(2)3)24-17-7-6-14(21)10-15(17)20(25)26/h5-12H,4H2,1-3H3. The number of rotatable bonds is 5. The number of fused-ring (bicyclic) bond motifs is 1. The van der Waals surface area contributed by atoms with Gasteiger partial charge in [0, 0.05) is 10.4 Å². The van der Waals surface area contributed by atoms with Crippen LogP contribution in [0.3, 0.4) is 0 Å². The molecule has 0 spiro atoms. The Hall–Kier alpha value is -2.18. The van der Waals surface area contributed by atoms with E-state index >= 15 is 0 Å². The van der Waals surface area contributed by atoms with E-state index in [9.17, 15) is 4.79 Å². The zero-order valence-electron chi connectivity index (χ0n) is 15.2. The van der Waals surface area contributed by atoms with Gasteiger partial charge in [-0.1, -0.05) is 41.4 Å². The molecule has 140 valence electrons. The minimum absolute atomic E-state index is 0.0341. The predicted octanol–water partition coefficient (Wildman–Crippen LogP) is 5.22. The molecule has 1 heterocycles. The van der Waals surface area contributed by atoms with Gasteiger partial charge >= 0.3 is 0 Å². The molecule has 0 radical (unpaired) electrons. The number of halogens is 2. The summed E-state index contributed by atoms with van der Waals surface area (Å²) in [6.45, 7) is 6.40. The number of aromatic nitrogens is 2. The first-order valence-electron chi connectivity index (χ1n) is 8.59. The van der Waals surface area contributed by atoms with Gasteiger partial charge in [-0.15, -0.1) is 0 Å². The number of hydrogen-bond donors (Lipinski definition) is 0. The zero-order valence-corrected chi connectivity index (χ0v) is 17.6. The maximum absolute atomic E-state index is 13.0. The molecule has 0 aliphatic heterocycles. The molecule has 0 bridgehead atoms. The van der Waals surface area contributed by atoms with Crippen molar-refractivity contribution in [2.45, 2.75) is 26.7 Å². The van der Waals surface area contributed by atoms with Gasteiger partial charge in [0.2, 0.25) is 0 Å². The summed E-state index contributed by atoms with van der Waals surface area (Å²) in [6, 6.07) is 10.8. The lowest BCUT2D eigenvalue weighted by atomic mass is 10.2. The van der Waals surface area contributed by atoms with E-state index in [1.807, 2.05) is 39.0 Å². The van der Waals surface area contributed by atoms with Gasteiger partial charge in [-0.25, -0.2) is 4.98 Å². The summed E-state index contributed by atoms with van der Waals surface area (Å²) in [7, 11) is 0. The van der Waals surface area contributed by atoms with Crippen LogP contribution in [0.15, 0.2) is 50.8 Å². The first kappa shape index (κ1) is 19.6. The minimum Gasteiger partial charge on any atom is -0.492 e. The SMILES string of the molecule is CCOc1ccc(C=Nn2c(C(C)C)nc3ccc(Br)cc3c2=O)cc1Cl. The first-order valence-corrected chi connectivity index (χ1v) is 9.76. The molecule has 0 saturated heterocycles. The first-order chi connectivity index (χ1) is 12.9. The summed E-state index contributed by atoms with van der Waals surface area (Å²) >= 11 is 9.63. The quantitative estimate of drug-likeness (QED) is 0.503. The van der Waals surface area contributed by atoms with E-state index in [4.69, 9.17) is 16.3 Å². The topological polar surface area (TPSA) is 56.5 Å². The summed E-state index contributed by atoms with van der Waals surface area (Å²) in [5.74, 6) is 1.25. The van der Waals surface area contributed by atoms with E-state index in [2.05, 4.69) is 26.0 Å². The Balaban J connectivity index is 2.09.